The number of allylic oxidation sites excluding steroid dienone is 4. The quantitative estimate of drug-likeness (QED) is 0.720. The zero-order valence-electron chi connectivity index (χ0n) is 9.07. The van der Waals surface area contributed by atoms with Crippen molar-refractivity contribution in [3.8, 4) is 5.75 Å². The lowest BCUT2D eigenvalue weighted by Crippen LogP contribution is -1.92. The number of hydrogen-bond acceptors (Lipinski definition) is 1. The summed E-state index contributed by atoms with van der Waals surface area (Å²) in [7, 11) is 0. The largest absolute Gasteiger partial charge is 0.494 e. The van der Waals surface area contributed by atoms with Gasteiger partial charge < -0.3 is 4.74 Å². The first-order valence-corrected chi connectivity index (χ1v) is 5.49. The highest BCUT2D eigenvalue weighted by molar-refractivity contribution is 5.68. The van der Waals surface area contributed by atoms with Crippen LogP contribution in [-0.2, 0) is 0 Å². The van der Waals surface area contributed by atoms with Crippen molar-refractivity contribution in [3.05, 3.63) is 48.1 Å². The van der Waals surface area contributed by atoms with E-state index in [9.17, 15) is 0 Å². The van der Waals surface area contributed by atoms with E-state index in [0.29, 0.717) is 0 Å². The van der Waals surface area contributed by atoms with E-state index in [4.69, 9.17) is 4.74 Å². The summed E-state index contributed by atoms with van der Waals surface area (Å²) in [4.78, 5) is 0. The second kappa shape index (κ2) is 4.83. The molecule has 0 N–H and O–H groups in total. The van der Waals surface area contributed by atoms with Crippen LogP contribution in [-0.4, -0.2) is 6.61 Å². The predicted octanol–water partition coefficient (Wildman–Crippen LogP) is 3.82. The molecule has 0 heterocycles. The van der Waals surface area contributed by atoms with Gasteiger partial charge in [-0.1, -0.05) is 30.4 Å². The van der Waals surface area contributed by atoms with Crippen LogP contribution in [0.15, 0.2) is 42.5 Å². The first-order valence-electron chi connectivity index (χ1n) is 5.49. The Bertz CT molecular complexity index is 371. The Morgan fingerprint density at radius 3 is 2.60 bits per heavy atom. The maximum atomic E-state index is 5.41. The summed E-state index contributed by atoms with van der Waals surface area (Å²) in [5.74, 6) is 0.952. The van der Waals surface area contributed by atoms with Crippen LogP contribution in [0.1, 0.15) is 25.3 Å². The monoisotopic (exact) mass is 200 g/mol. The van der Waals surface area contributed by atoms with Crippen LogP contribution in [0.4, 0.5) is 0 Å². The molecule has 0 unspecified atom stereocenters. The van der Waals surface area contributed by atoms with Crippen LogP contribution in [0.5, 0.6) is 5.75 Å². The lowest BCUT2D eigenvalue weighted by molar-refractivity contribution is 0.340. The third kappa shape index (κ3) is 2.50. The van der Waals surface area contributed by atoms with Crippen molar-refractivity contribution < 1.29 is 4.74 Å². The molecule has 2 rings (SSSR count). The van der Waals surface area contributed by atoms with Crippen molar-refractivity contribution in [3.63, 3.8) is 0 Å². The van der Waals surface area contributed by atoms with Crippen LogP contribution < -0.4 is 4.74 Å². The molecule has 0 saturated carbocycles. The fraction of sp³-hybridized carbons (Fsp3) is 0.286. The van der Waals surface area contributed by atoms with Crippen LogP contribution in [0.2, 0.25) is 0 Å². The van der Waals surface area contributed by atoms with Gasteiger partial charge in [0, 0.05) is 0 Å². The molecule has 0 spiro atoms. The van der Waals surface area contributed by atoms with Crippen LogP contribution >= 0.6 is 0 Å². The van der Waals surface area contributed by atoms with Gasteiger partial charge in [0.15, 0.2) is 0 Å². The Morgan fingerprint density at radius 1 is 1.20 bits per heavy atom. The molecule has 1 aromatic carbocycles. The molecule has 0 bridgehead atoms. The minimum absolute atomic E-state index is 0.727. The van der Waals surface area contributed by atoms with Crippen LogP contribution in [0.3, 0.4) is 0 Å². The van der Waals surface area contributed by atoms with Crippen molar-refractivity contribution in [2.75, 3.05) is 6.61 Å². The summed E-state index contributed by atoms with van der Waals surface area (Å²) in [5, 5.41) is 0. The molecule has 1 aliphatic rings. The zero-order chi connectivity index (χ0) is 10.5. The van der Waals surface area contributed by atoms with Crippen LogP contribution in [0.25, 0.3) is 5.57 Å². The lowest BCUT2D eigenvalue weighted by Gasteiger charge is -2.10. The normalized spacial score (nSPS) is 14.9. The van der Waals surface area contributed by atoms with Crippen molar-refractivity contribution >= 4 is 5.57 Å². The van der Waals surface area contributed by atoms with E-state index in [2.05, 4.69) is 30.4 Å². The molecular weight excluding hydrogens is 184 g/mol. The number of hydrogen-bond donors (Lipinski definition) is 0. The Labute approximate surface area is 91.1 Å². The van der Waals surface area contributed by atoms with Gasteiger partial charge in [-0.15, -0.1) is 0 Å². The van der Waals surface area contributed by atoms with E-state index >= 15 is 0 Å². The standard InChI is InChI=1S/C14H16O/c1-2-15-14-10-8-13(9-11-14)12-6-4-3-5-7-12/h3-4,6,8-11H,2,5,7H2,1H3. The SMILES string of the molecule is CCOc1ccc(C2=CC=CCC2)cc1. The molecule has 0 amide bonds. The molecule has 0 aliphatic heterocycles. The Kier molecular flexibility index (Phi) is 3.23. The average molecular weight is 200 g/mol. The highest BCUT2D eigenvalue weighted by Gasteiger charge is 2.02. The summed E-state index contributed by atoms with van der Waals surface area (Å²) in [6.45, 7) is 2.73. The lowest BCUT2D eigenvalue weighted by atomic mass is 9.97. The first-order chi connectivity index (χ1) is 7.40. The Balaban J connectivity index is 2.16. The Hall–Kier alpha value is -1.50. The maximum absolute atomic E-state index is 5.41. The third-order valence-corrected chi connectivity index (χ3v) is 2.55. The molecule has 1 nitrogen and oxygen atoms in total. The van der Waals surface area contributed by atoms with Crippen molar-refractivity contribution in [2.24, 2.45) is 0 Å². The topological polar surface area (TPSA) is 9.23 Å². The maximum Gasteiger partial charge on any atom is 0.119 e. The van der Waals surface area contributed by atoms with Gasteiger partial charge >= 0.3 is 0 Å². The van der Waals surface area contributed by atoms with Gasteiger partial charge in [-0.3, -0.25) is 0 Å². The first kappa shape index (κ1) is 10.0. The highest BCUT2D eigenvalue weighted by atomic mass is 16.5. The van der Waals surface area contributed by atoms with Gasteiger partial charge in [-0.05, 0) is 43.0 Å². The van der Waals surface area contributed by atoms with Crippen molar-refractivity contribution in [1.82, 2.24) is 0 Å². The molecule has 15 heavy (non-hydrogen) atoms. The molecule has 0 atom stereocenters. The van der Waals surface area contributed by atoms with Crippen molar-refractivity contribution in [1.29, 1.82) is 0 Å². The van der Waals surface area contributed by atoms with Gasteiger partial charge in [-0.25, -0.2) is 0 Å². The van der Waals surface area contributed by atoms with E-state index < -0.39 is 0 Å². The van der Waals surface area contributed by atoms with E-state index in [0.717, 1.165) is 25.2 Å². The molecule has 1 aromatic rings. The molecule has 0 saturated heterocycles. The predicted molar refractivity (Wildman–Crippen MR) is 64.0 cm³/mol. The van der Waals surface area contributed by atoms with Crippen molar-refractivity contribution in [2.45, 2.75) is 19.8 Å². The molecule has 78 valence electrons. The summed E-state index contributed by atoms with van der Waals surface area (Å²) in [6, 6.07) is 8.35. The molecule has 0 radical (unpaired) electrons. The minimum Gasteiger partial charge on any atom is -0.494 e. The fourth-order valence-electron chi connectivity index (χ4n) is 1.78. The smallest absolute Gasteiger partial charge is 0.119 e. The van der Waals surface area contributed by atoms with E-state index in [1.165, 1.54) is 11.1 Å². The van der Waals surface area contributed by atoms with E-state index in [1.807, 2.05) is 19.1 Å². The second-order valence-corrected chi connectivity index (χ2v) is 3.62. The minimum atomic E-state index is 0.727. The molecular formula is C14H16O. The number of ether oxygens (including phenoxy) is 1. The van der Waals surface area contributed by atoms with E-state index in [1.54, 1.807) is 0 Å². The summed E-state index contributed by atoms with van der Waals surface area (Å²) < 4.78 is 5.41. The summed E-state index contributed by atoms with van der Waals surface area (Å²) in [6.07, 6.45) is 8.83. The van der Waals surface area contributed by atoms with Gasteiger partial charge in [0.25, 0.3) is 0 Å². The van der Waals surface area contributed by atoms with Gasteiger partial charge in [0.05, 0.1) is 6.61 Å². The molecule has 1 aliphatic carbocycles. The van der Waals surface area contributed by atoms with Gasteiger partial charge in [0.2, 0.25) is 0 Å². The zero-order valence-corrected chi connectivity index (χ0v) is 9.07. The number of benzene rings is 1. The van der Waals surface area contributed by atoms with Gasteiger partial charge in [0.1, 0.15) is 5.75 Å². The summed E-state index contributed by atoms with van der Waals surface area (Å²) >= 11 is 0. The molecule has 0 aromatic heterocycles. The molecule has 1 heteroatoms. The van der Waals surface area contributed by atoms with Crippen LogP contribution in [0, 0.1) is 0 Å². The summed E-state index contributed by atoms with van der Waals surface area (Å²) in [5.41, 5.74) is 2.73. The third-order valence-electron chi connectivity index (χ3n) is 2.55. The second-order valence-electron chi connectivity index (χ2n) is 3.62. The number of rotatable bonds is 3. The average Bonchev–Trinajstić information content (AvgIpc) is 2.32. The fourth-order valence-corrected chi connectivity index (χ4v) is 1.78. The van der Waals surface area contributed by atoms with E-state index in [-0.39, 0.29) is 0 Å². The van der Waals surface area contributed by atoms with Gasteiger partial charge in [-0.2, -0.15) is 0 Å². The highest BCUT2D eigenvalue weighted by Crippen LogP contribution is 2.25. The molecule has 0 fully saturated rings. The Morgan fingerprint density at radius 2 is 2.00 bits per heavy atom.